The normalized spacial score (nSPS) is 38.3. The SMILES string of the molecule is CC1CCCC1N1CC(CO)CC1=O. The van der Waals surface area contributed by atoms with Crippen LogP contribution in [0.1, 0.15) is 32.6 Å². The van der Waals surface area contributed by atoms with Gasteiger partial charge >= 0.3 is 0 Å². The monoisotopic (exact) mass is 197 g/mol. The Hall–Kier alpha value is -0.570. The Bertz CT molecular complexity index is 229. The fraction of sp³-hybridized carbons (Fsp3) is 0.909. The zero-order valence-electron chi connectivity index (χ0n) is 8.78. The van der Waals surface area contributed by atoms with E-state index in [0.29, 0.717) is 18.4 Å². The van der Waals surface area contributed by atoms with E-state index in [1.807, 2.05) is 4.90 Å². The van der Waals surface area contributed by atoms with E-state index < -0.39 is 0 Å². The van der Waals surface area contributed by atoms with Crippen LogP contribution >= 0.6 is 0 Å². The molecule has 2 rings (SSSR count). The first-order chi connectivity index (χ1) is 6.72. The van der Waals surface area contributed by atoms with Crippen molar-refractivity contribution in [2.24, 2.45) is 11.8 Å². The predicted octanol–water partition coefficient (Wildman–Crippen LogP) is 1.02. The molecule has 1 N–H and O–H groups in total. The molecule has 0 aromatic carbocycles. The van der Waals surface area contributed by atoms with Crippen LogP contribution in [0.15, 0.2) is 0 Å². The van der Waals surface area contributed by atoms with Gasteiger partial charge in [-0.1, -0.05) is 13.3 Å². The Balaban J connectivity index is 2.00. The van der Waals surface area contributed by atoms with Crippen LogP contribution < -0.4 is 0 Å². The summed E-state index contributed by atoms with van der Waals surface area (Å²) in [5.74, 6) is 1.09. The van der Waals surface area contributed by atoms with E-state index in [2.05, 4.69) is 6.92 Å². The number of nitrogens with zero attached hydrogens (tertiary/aromatic N) is 1. The van der Waals surface area contributed by atoms with E-state index in [1.54, 1.807) is 0 Å². The highest BCUT2D eigenvalue weighted by Crippen LogP contribution is 2.33. The third kappa shape index (κ3) is 1.65. The van der Waals surface area contributed by atoms with E-state index >= 15 is 0 Å². The van der Waals surface area contributed by atoms with Gasteiger partial charge in [0.15, 0.2) is 0 Å². The Labute approximate surface area is 85.1 Å². The van der Waals surface area contributed by atoms with Crippen LogP contribution in [0.2, 0.25) is 0 Å². The summed E-state index contributed by atoms with van der Waals surface area (Å²) >= 11 is 0. The van der Waals surface area contributed by atoms with Gasteiger partial charge in [0.2, 0.25) is 5.91 Å². The molecule has 3 nitrogen and oxygen atoms in total. The van der Waals surface area contributed by atoms with Crippen molar-refractivity contribution in [2.45, 2.75) is 38.6 Å². The van der Waals surface area contributed by atoms with Crippen LogP contribution in [0.25, 0.3) is 0 Å². The second-order valence-corrected chi connectivity index (χ2v) is 4.77. The fourth-order valence-electron chi connectivity index (χ4n) is 2.84. The quantitative estimate of drug-likeness (QED) is 0.718. The maximum absolute atomic E-state index is 11.7. The average molecular weight is 197 g/mol. The summed E-state index contributed by atoms with van der Waals surface area (Å²) in [6, 6.07) is 0.457. The van der Waals surface area contributed by atoms with Crippen LogP contribution in [0.3, 0.4) is 0 Å². The highest BCUT2D eigenvalue weighted by atomic mass is 16.3. The molecule has 1 saturated carbocycles. The number of aliphatic hydroxyl groups excluding tert-OH is 1. The third-order valence-electron chi connectivity index (χ3n) is 3.71. The molecule has 0 aromatic heterocycles. The Kier molecular flexibility index (Phi) is 2.77. The molecule has 0 radical (unpaired) electrons. The van der Waals surface area contributed by atoms with E-state index in [-0.39, 0.29) is 18.4 Å². The minimum Gasteiger partial charge on any atom is -0.396 e. The number of hydrogen-bond acceptors (Lipinski definition) is 2. The lowest BCUT2D eigenvalue weighted by Crippen LogP contribution is -2.38. The summed E-state index contributed by atoms with van der Waals surface area (Å²) < 4.78 is 0. The van der Waals surface area contributed by atoms with Crippen molar-refractivity contribution in [1.29, 1.82) is 0 Å². The molecule has 1 aliphatic heterocycles. The first kappa shape index (κ1) is 9.97. The molecule has 1 heterocycles. The Morgan fingerprint density at radius 1 is 1.50 bits per heavy atom. The average Bonchev–Trinajstić information content (AvgIpc) is 2.72. The van der Waals surface area contributed by atoms with Gasteiger partial charge in [0, 0.05) is 31.5 Å². The first-order valence-corrected chi connectivity index (χ1v) is 5.62. The molecule has 3 unspecified atom stereocenters. The minimum absolute atomic E-state index is 0.156. The largest absolute Gasteiger partial charge is 0.396 e. The van der Waals surface area contributed by atoms with Crippen LogP contribution in [-0.4, -0.2) is 35.1 Å². The summed E-state index contributed by atoms with van der Waals surface area (Å²) in [4.78, 5) is 13.7. The maximum atomic E-state index is 11.7. The van der Waals surface area contributed by atoms with Crippen LogP contribution in [0.4, 0.5) is 0 Å². The van der Waals surface area contributed by atoms with Gasteiger partial charge in [-0.3, -0.25) is 4.79 Å². The summed E-state index contributed by atoms with van der Waals surface area (Å²) in [5, 5.41) is 9.03. The molecule has 0 spiro atoms. The van der Waals surface area contributed by atoms with E-state index in [9.17, 15) is 4.79 Å². The highest BCUT2D eigenvalue weighted by Gasteiger charge is 2.37. The van der Waals surface area contributed by atoms with Gasteiger partial charge in [0.05, 0.1) is 0 Å². The zero-order valence-corrected chi connectivity index (χ0v) is 8.78. The number of carbonyl (C=O) groups is 1. The first-order valence-electron chi connectivity index (χ1n) is 5.62. The Morgan fingerprint density at radius 3 is 2.79 bits per heavy atom. The van der Waals surface area contributed by atoms with Crippen molar-refractivity contribution in [3.63, 3.8) is 0 Å². The van der Waals surface area contributed by atoms with Gasteiger partial charge in [0.1, 0.15) is 0 Å². The maximum Gasteiger partial charge on any atom is 0.223 e. The second-order valence-electron chi connectivity index (χ2n) is 4.77. The molecule has 2 fully saturated rings. The number of likely N-dealkylation sites (tertiary alicyclic amines) is 1. The topological polar surface area (TPSA) is 40.5 Å². The number of rotatable bonds is 2. The Morgan fingerprint density at radius 2 is 2.29 bits per heavy atom. The molecular weight excluding hydrogens is 178 g/mol. The number of carbonyl (C=O) groups excluding carboxylic acids is 1. The van der Waals surface area contributed by atoms with Crippen molar-refractivity contribution in [3.05, 3.63) is 0 Å². The molecule has 2 aliphatic rings. The molecule has 1 amide bonds. The van der Waals surface area contributed by atoms with E-state index in [4.69, 9.17) is 5.11 Å². The molecule has 3 atom stereocenters. The summed E-state index contributed by atoms with van der Waals surface area (Å²) in [7, 11) is 0. The van der Waals surface area contributed by atoms with Gasteiger partial charge in [-0.15, -0.1) is 0 Å². The molecule has 80 valence electrons. The standard InChI is InChI=1S/C11H19NO2/c1-8-3-2-4-10(8)12-6-9(7-13)5-11(12)14/h8-10,13H,2-7H2,1H3. The fourth-order valence-corrected chi connectivity index (χ4v) is 2.84. The third-order valence-corrected chi connectivity index (χ3v) is 3.71. The summed E-state index contributed by atoms with van der Waals surface area (Å²) in [6.07, 6.45) is 4.21. The smallest absolute Gasteiger partial charge is 0.223 e. The van der Waals surface area contributed by atoms with Gasteiger partial charge in [-0.25, -0.2) is 0 Å². The van der Waals surface area contributed by atoms with E-state index in [0.717, 1.165) is 13.0 Å². The van der Waals surface area contributed by atoms with Gasteiger partial charge in [-0.05, 0) is 18.8 Å². The van der Waals surface area contributed by atoms with Gasteiger partial charge < -0.3 is 10.0 Å². The number of aliphatic hydroxyl groups is 1. The zero-order chi connectivity index (χ0) is 10.1. The van der Waals surface area contributed by atoms with Crippen molar-refractivity contribution in [3.8, 4) is 0 Å². The molecule has 0 bridgehead atoms. The molecule has 1 aliphatic carbocycles. The highest BCUT2D eigenvalue weighted by molar-refractivity contribution is 5.79. The van der Waals surface area contributed by atoms with Gasteiger partial charge in [0.25, 0.3) is 0 Å². The van der Waals surface area contributed by atoms with Crippen molar-refractivity contribution < 1.29 is 9.90 Å². The van der Waals surface area contributed by atoms with Gasteiger partial charge in [-0.2, -0.15) is 0 Å². The predicted molar refractivity (Wildman–Crippen MR) is 53.7 cm³/mol. The summed E-state index contributed by atoms with van der Waals surface area (Å²) in [6.45, 7) is 3.17. The minimum atomic E-state index is 0.156. The second kappa shape index (κ2) is 3.89. The van der Waals surface area contributed by atoms with E-state index in [1.165, 1.54) is 12.8 Å². The molecule has 0 aromatic rings. The van der Waals surface area contributed by atoms with Crippen LogP contribution in [0.5, 0.6) is 0 Å². The van der Waals surface area contributed by atoms with Crippen molar-refractivity contribution in [1.82, 2.24) is 4.90 Å². The van der Waals surface area contributed by atoms with Crippen molar-refractivity contribution >= 4 is 5.91 Å². The summed E-state index contributed by atoms with van der Waals surface area (Å²) in [5.41, 5.74) is 0. The molecule has 1 saturated heterocycles. The molecule has 14 heavy (non-hydrogen) atoms. The lowest BCUT2D eigenvalue weighted by atomic mass is 10.1. The molecule has 3 heteroatoms. The van der Waals surface area contributed by atoms with Crippen LogP contribution in [0, 0.1) is 11.8 Å². The van der Waals surface area contributed by atoms with Crippen LogP contribution in [-0.2, 0) is 4.79 Å². The number of amides is 1. The molecular formula is C11H19NO2. The lowest BCUT2D eigenvalue weighted by Gasteiger charge is -2.27. The number of hydrogen-bond donors (Lipinski definition) is 1. The lowest BCUT2D eigenvalue weighted by molar-refractivity contribution is -0.130. The van der Waals surface area contributed by atoms with Crippen molar-refractivity contribution in [2.75, 3.05) is 13.2 Å².